The molecule has 0 N–H and O–H groups in total. The highest BCUT2D eigenvalue weighted by atomic mass is 32.1. The van der Waals surface area contributed by atoms with Crippen molar-refractivity contribution in [2.75, 3.05) is 0 Å². The summed E-state index contributed by atoms with van der Waals surface area (Å²) in [4.78, 5) is 7.79. The summed E-state index contributed by atoms with van der Waals surface area (Å²) in [5, 5.41) is 8.32. The topological polar surface area (TPSA) is 78.6 Å². The first-order chi connectivity index (χ1) is 12.4. The van der Waals surface area contributed by atoms with Gasteiger partial charge in [-0.25, -0.2) is 9.67 Å². The Labute approximate surface area is 150 Å². The van der Waals surface area contributed by atoms with E-state index >= 15 is 0 Å². The molecule has 0 aliphatic rings. The molecule has 14 heteroatoms. The molecule has 0 unspecified atom stereocenters. The van der Waals surface area contributed by atoms with Gasteiger partial charge in [-0.05, 0) is 6.92 Å². The first-order valence-corrected chi connectivity index (χ1v) is 7.80. The minimum absolute atomic E-state index is 0.152. The van der Waals surface area contributed by atoms with E-state index in [0.717, 1.165) is 4.68 Å². The number of hydrogen-bond donors (Lipinski definition) is 0. The fraction of sp³-hybridized carbons (Fsp3) is 0.308. The van der Waals surface area contributed by atoms with E-state index in [1.165, 1.54) is 20.2 Å². The smallest absolute Gasteiger partial charge is 0.421 e. The Kier molecular flexibility index (Phi) is 4.53. The molecular weight excluding hydrogens is 402 g/mol. The van der Waals surface area contributed by atoms with E-state index in [9.17, 15) is 26.3 Å². The number of alkyl halides is 6. The highest BCUT2D eigenvalue weighted by molar-refractivity contribution is 7.14. The molecule has 0 spiro atoms. The van der Waals surface area contributed by atoms with Crippen molar-refractivity contribution >= 4 is 11.3 Å². The van der Waals surface area contributed by atoms with Crippen molar-refractivity contribution in [2.45, 2.75) is 19.3 Å². The molecule has 0 aliphatic carbocycles. The second-order valence-electron chi connectivity index (χ2n) is 5.18. The van der Waals surface area contributed by atoms with Gasteiger partial charge in [0.25, 0.3) is 0 Å². The number of halogens is 6. The van der Waals surface area contributed by atoms with Crippen LogP contribution in [-0.2, 0) is 19.4 Å². The molecule has 0 aliphatic heterocycles. The van der Waals surface area contributed by atoms with Crippen LogP contribution in [0.4, 0.5) is 26.3 Å². The summed E-state index contributed by atoms with van der Waals surface area (Å²) >= 11 is 0.230. The lowest BCUT2D eigenvalue weighted by atomic mass is 10.3. The molecule has 7 nitrogen and oxygen atoms in total. The van der Waals surface area contributed by atoms with Crippen LogP contribution in [0.3, 0.4) is 0 Å². The van der Waals surface area contributed by atoms with Crippen molar-refractivity contribution in [3.63, 3.8) is 0 Å². The normalized spacial score (nSPS) is 12.4. The quantitative estimate of drug-likeness (QED) is 0.610. The Morgan fingerprint density at radius 3 is 2.33 bits per heavy atom. The highest BCUT2D eigenvalue weighted by Crippen LogP contribution is 2.35. The zero-order chi connectivity index (χ0) is 20.0. The van der Waals surface area contributed by atoms with Crippen LogP contribution in [0.15, 0.2) is 12.3 Å². The summed E-state index contributed by atoms with van der Waals surface area (Å²) in [6.45, 7) is 1.52. The van der Waals surface area contributed by atoms with E-state index in [1.807, 2.05) is 0 Å². The summed E-state index contributed by atoms with van der Waals surface area (Å²) in [7, 11) is 1.24. The molecule has 3 rings (SSSR count). The Bertz CT molecular complexity index is 979. The summed E-state index contributed by atoms with van der Waals surface area (Å²) < 4.78 is 82.3. The van der Waals surface area contributed by atoms with E-state index in [1.54, 1.807) is 0 Å². The van der Waals surface area contributed by atoms with Crippen LogP contribution in [0, 0.1) is 6.92 Å². The van der Waals surface area contributed by atoms with Gasteiger partial charge in [0, 0.05) is 24.9 Å². The fourth-order valence-electron chi connectivity index (χ4n) is 1.84. The first kappa shape index (κ1) is 19.0. The Morgan fingerprint density at radius 2 is 1.78 bits per heavy atom. The molecule has 27 heavy (non-hydrogen) atoms. The Morgan fingerprint density at radius 1 is 1.07 bits per heavy atom. The van der Waals surface area contributed by atoms with Crippen molar-refractivity contribution in [3.8, 4) is 22.6 Å². The van der Waals surface area contributed by atoms with Crippen LogP contribution in [0.25, 0.3) is 10.8 Å². The summed E-state index contributed by atoms with van der Waals surface area (Å²) in [5.41, 5.74) is -0.819. The van der Waals surface area contributed by atoms with Gasteiger partial charge in [-0.3, -0.25) is 0 Å². The van der Waals surface area contributed by atoms with Crippen molar-refractivity contribution in [3.05, 3.63) is 28.5 Å². The van der Waals surface area contributed by atoms with Gasteiger partial charge in [-0.2, -0.15) is 36.4 Å². The largest absolute Gasteiger partial charge is 0.445 e. The zero-order valence-corrected chi connectivity index (χ0v) is 14.2. The zero-order valence-electron chi connectivity index (χ0n) is 13.4. The lowest BCUT2D eigenvalue weighted by Gasteiger charge is -2.07. The second-order valence-corrected chi connectivity index (χ2v) is 6.16. The first-order valence-electron chi connectivity index (χ1n) is 6.99. The van der Waals surface area contributed by atoms with Gasteiger partial charge < -0.3 is 4.74 Å². The molecule has 0 aromatic carbocycles. The third kappa shape index (κ3) is 3.99. The van der Waals surface area contributed by atoms with Gasteiger partial charge >= 0.3 is 12.4 Å². The molecule has 144 valence electrons. The SMILES string of the molecule is Cc1cnc(-c2nnc(C(F)(F)F)s2)nc1Oc1cc(C(F)(F)F)nn1C. The maximum Gasteiger partial charge on any atom is 0.445 e. The number of rotatable bonds is 3. The monoisotopic (exact) mass is 410 g/mol. The van der Waals surface area contributed by atoms with Gasteiger partial charge in [-0.15, -0.1) is 10.2 Å². The predicted molar refractivity (Wildman–Crippen MR) is 79.0 cm³/mol. The average Bonchev–Trinajstić information content (AvgIpc) is 3.16. The molecule has 3 aromatic heterocycles. The van der Waals surface area contributed by atoms with Crippen LogP contribution >= 0.6 is 11.3 Å². The molecule has 0 atom stereocenters. The number of nitrogens with zero attached hydrogens (tertiary/aromatic N) is 6. The van der Waals surface area contributed by atoms with Crippen LogP contribution in [-0.4, -0.2) is 29.9 Å². The van der Waals surface area contributed by atoms with Gasteiger partial charge in [0.1, 0.15) is 0 Å². The van der Waals surface area contributed by atoms with E-state index in [-0.39, 0.29) is 33.9 Å². The lowest BCUT2D eigenvalue weighted by Crippen LogP contribution is -2.06. The van der Waals surface area contributed by atoms with Gasteiger partial charge in [-0.1, -0.05) is 11.3 Å². The fourth-order valence-corrected chi connectivity index (χ4v) is 2.50. The maximum atomic E-state index is 12.7. The average molecular weight is 410 g/mol. The van der Waals surface area contributed by atoms with Gasteiger partial charge in [0.05, 0.1) is 0 Å². The molecule has 3 aromatic rings. The second kappa shape index (κ2) is 6.44. The molecule has 0 fully saturated rings. The molecule has 3 heterocycles. The third-order valence-corrected chi connectivity index (χ3v) is 4.08. The lowest BCUT2D eigenvalue weighted by molar-refractivity contribution is -0.141. The Balaban J connectivity index is 1.93. The number of aryl methyl sites for hydroxylation is 2. The van der Waals surface area contributed by atoms with E-state index in [4.69, 9.17) is 4.74 Å². The summed E-state index contributed by atoms with van der Waals surface area (Å²) in [6, 6.07) is 0.675. The minimum Gasteiger partial charge on any atom is -0.421 e. The number of ether oxygens (including phenoxy) is 1. The van der Waals surface area contributed by atoms with E-state index in [2.05, 4.69) is 25.3 Å². The number of hydrogen-bond acceptors (Lipinski definition) is 7. The van der Waals surface area contributed by atoms with Crippen molar-refractivity contribution in [1.29, 1.82) is 0 Å². The maximum absolute atomic E-state index is 12.7. The number of aromatic nitrogens is 6. The van der Waals surface area contributed by atoms with Gasteiger partial charge in [0.15, 0.2) is 16.5 Å². The predicted octanol–water partition coefficient (Wildman–Crippen LogP) is 3.87. The standard InChI is InChI=1S/C13H8F6N6OS/c1-5-4-20-8(10-22-23-11(27-10)13(17,18)19)21-9(5)26-7-3-6(12(14,15)16)24-25(7)2/h3-4H,1-2H3. The van der Waals surface area contributed by atoms with Crippen molar-refractivity contribution < 1.29 is 31.1 Å². The van der Waals surface area contributed by atoms with Gasteiger partial charge in [0.2, 0.25) is 16.8 Å². The van der Waals surface area contributed by atoms with Crippen molar-refractivity contribution in [2.24, 2.45) is 7.05 Å². The van der Waals surface area contributed by atoms with Crippen LogP contribution in [0.2, 0.25) is 0 Å². The summed E-state index contributed by atoms with van der Waals surface area (Å²) in [5.74, 6) is -0.620. The van der Waals surface area contributed by atoms with Crippen molar-refractivity contribution in [1.82, 2.24) is 29.9 Å². The molecular formula is C13H8F6N6OS. The molecule has 0 radical (unpaired) electrons. The van der Waals surface area contributed by atoms with Crippen LogP contribution < -0.4 is 4.74 Å². The minimum atomic E-state index is -4.66. The molecule has 0 saturated heterocycles. The Hall–Kier alpha value is -2.77. The van der Waals surface area contributed by atoms with E-state index in [0.29, 0.717) is 11.6 Å². The highest BCUT2D eigenvalue weighted by Gasteiger charge is 2.36. The summed E-state index contributed by atoms with van der Waals surface area (Å²) in [6.07, 6.45) is -8.08. The third-order valence-electron chi connectivity index (χ3n) is 3.11. The van der Waals surface area contributed by atoms with Crippen LogP contribution in [0.1, 0.15) is 16.3 Å². The van der Waals surface area contributed by atoms with E-state index < -0.39 is 23.1 Å². The molecule has 0 amide bonds. The molecule has 0 bridgehead atoms. The van der Waals surface area contributed by atoms with Crippen LogP contribution in [0.5, 0.6) is 11.8 Å². The molecule has 0 saturated carbocycles.